The Morgan fingerprint density at radius 3 is 2.79 bits per heavy atom. The highest BCUT2D eigenvalue weighted by Crippen LogP contribution is 2.19. The summed E-state index contributed by atoms with van der Waals surface area (Å²) in [5, 5.41) is 2.50. The number of rotatable bonds is 5. The van der Waals surface area contributed by atoms with Crippen LogP contribution in [0.3, 0.4) is 0 Å². The molecule has 0 aliphatic carbocycles. The van der Waals surface area contributed by atoms with Crippen LogP contribution >= 0.6 is 0 Å². The minimum atomic E-state index is -3.58. The van der Waals surface area contributed by atoms with E-state index in [0.717, 1.165) is 25.2 Å². The molecular formula is C16H20N4O3S. The fraction of sp³-hybridized carbons (Fsp3) is 0.375. The first-order chi connectivity index (χ1) is 11.5. The molecule has 2 N–H and O–H groups in total. The number of aryl methyl sites for hydroxylation is 1. The lowest BCUT2D eigenvalue weighted by Gasteiger charge is -2.23. The van der Waals surface area contributed by atoms with Crippen molar-refractivity contribution in [3.63, 3.8) is 0 Å². The fourth-order valence-electron chi connectivity index (χ4n) is 2.84. The maximum Gasteiger partial charge on any atom is 0.251 e. The lowest BCUT2D eigenvalue weighted by atomic mass is 10.00. The number of benzene rings is 1. The van der Waals surface area contributed by atoms with Crippen molar-refractivity contribution in [2.75, 3.05) is 13.6 Å². The summed E-state index contributed by atoms with van der Waals surface area (Å²) in [4.78, 5) is 15.9. The van der Waals surface area contributed by atoms with Crippen LogP contribution in [-0.2, 0) is 23.0 Å². The third-order valence-electron chi connectivity index (χ3n) is 4.25. The van der Waals surface area contributed by atoms with Crippen LogP contribution in [0.5, 0.6) is 0 Å². The molecule has 1 atom stereocenters. The topological polar surface area (TPSA) is 93.1 Å². The third-order valence-corrected chi connectivity index (χ3v) is 5.69. The molecule has 0 fully saturated rings. The van der Waals surface area contributed by atoms with Crippen molar-refractivity contribution in [3.05, 3.63) is 48.0 Å². The van der Waals surface area contributed by atoms with E-state index in [4.69, 9.17) is 0 Å². The first kappa shape index (κ1) is 16.7. The van der Waals surface area contributed by atoms with E-state index in [1.807, 2.05) is 6.20 Å². The Bertz CT molecular complexity index is 827. The second-order valence-electron chi connectivity index (χ2n) is 5.86. The van der Waals surface area contributed by atoms with Crippen LogP contribution in [0.2, 0.25) is 0 Å². The zero-order valence-corrected chi connectivity index (χ0v) is 14.2. The maximum atomic E-state index is 12.4. The Kier molecular flexibility index (Phi) is 4.68. The number of nitrogens with zero attached hydrogens (tertiary/aromatic N) is 2. The van der Waals surface area contributed by atoms with Crippen LogP contribution < -0.4 is 10.0 Å². The molecule has 24 heavy (non-hydrogen) atoms. The van der Waals surface area contributed by atoms with Gasteiger partial charge in [-0.25, -0.2) is 18.1 Å². The number of amides is 1. The number of sulfonamides is 1. The van der Waals surface area contributed by atoms with E-state index in [1.54, 1.807) is 6.20 Å². The molecule has 0 unspecified atom stereocenters. The first-order valence-electron chi connectivity index (χ1n) is 7.81. The molecule has 2 heterocycles. The molecule has 1 aliphatic rings. The van der Waals surface area contributed by atoms with Gasteiger partial charge in [-0.3, -0.25) is 4.79 Å². The van der Waals surface area contributed by atoms with Crippen LogP contribution in [-0.4, -0.2) is 37.5 Å². The summed E-state index contributed by atoms with van der Waals surface area (Å²) in [6, 6.07) is 5.90. The molecule has 1 aliphatic heterocycles. The molecule has 1 aromatic heterocycles. The zero-order chi connectivity index (χ0) is 17.2. The fourth-order valence-corrected chi connectivity index (χ4v) is 3.96. The van der Waals surface area contributed by atoms with Gasteiger partial charge >= 0.3 is 0 Å². The molecule has 1 amide bonds. The van der Waals surface area contributed by atoms with Crippen molar-refractivity contribution >= 4 is 15.9 Å². The second kappa shape index (κ2) is 6.74. The van der Waals surface area contributed by atoms with E-state index in [0.29, 0.717) is 12.1 Å². The van der Waals surface area contributed by atoms with Gasteiger partial charge in [-0.1, -0.05) is 0 Å². The highest BCUT2D eigenvalue weighted by Gasteiger charge is 2.22. The molecule has 0 spiro atoms. The molecule has 8 heteroatoms. The van der Waals surface area contributed by atoms with E-state index in [1.165, 1.54) is 31.3 Å². The van der Waals surface area contributed by atoms with Gasteiger partial charge in [-0.2, -0.15) is 0 Å². The zero-order valence-electron chi connectivity index (χ0n) is 13.4. The Morgan fingerprint density at radius 1 is 1.33 bits per heavy atom. The van der Waals surface area contributed by atoms with Crippen LogP contribution in [0, 0.1) is 5.92 Å². The highest BCUT2D eigenvalue weighted by molar-refractivity contribution is 7.89. The molecule has 128 valence electrons. The van der Waals surface area contributed by atoms with Crippen molar-refractivity contribution in [2.45, 2.75) is 24.3 Å². The molecule has 0 radical (unpaired) electrons. The normalized spacial score (nSPS) is 17.3. The summed E-state index contributed by atoms with van der Waals surface area (Å²) in [6.45, 7) is 1.16. The molecule has 2 aromatic rings. The average molecular weight is 348 g/mol. The third kappa shape index (κ3) is 3.49. The van der Waals surface area contributed by atoms with Gasteiger partial charge in [0.15, 0.2) is 0 Å². The molecule has 1 aromatic carbocycles. The van der Waals surface area contributed by atoms with E-state index in [2.05, 4.69) is 19.6 Å². The van der Waals surface area contributed by atoms with Crippen LogP contribution in [0.1, 0.15) is 22.6 Å². The van der Waals surface area contributed by atoms with E-state index in [9.17, 15) is 13.2 Å². The average Bonchev–Trinajstić information content (AvgIpc) is 3.07. The van der Waals surface area contributed by atoms with Gasteiger partial charge in [0.05, 0.1) is 4.90 Å². The summed E-state index contributed by atoms with van der Waals surface area (Å²) in [7, 11) is -2.05. The van der Waals surface area contributed by atoms with E-state index >= 15 is 0 Å². The largest absolute Gasteiger partial charge is 0.355 e. The van der Waals surface area contributed by atoms with Crippen molar-refractivity contribution in [2.24, 2.45) is 5.92 Å². The van der Waals surface area contributed by atoms with Gasteiger partial charge in [0.1, 0.15) is 5.82 Å². The number of hydrogen-bond donors (Lipinski definition) is 2. The monoisotopic (exact) mass is 348 g/mol. The number of hydrogen-bond acceptors (Lipinski definition) is 4. The standard InChI is InChI=1S/C16H20N4O3S/c1-17-16(21)13-3-5-14(6-4-13)24(22,23)19-10-12-2-7-15-18-8-9-20(15)11-12/h3-6,8-9,12,19H,2,7,10-11H2,1H3,(H,17,21)/t12-/m1/s1. The number of fused-ring (bicyclic) bond motifs is 1. The van der Waals surface area contributed by atoms with Crippen molar-refractivity contribution in [1.82, 2.24) is 19.6 Å². The maximum absolute atomic E-state index is 12.4. The summed E-state index contributed by atoms with van der Waals surface area (Å²) in [5.74, 6) is 1.05. The summed E-state index contributed by atoms with van der Waals surface area (Å²) in [5.41, 5.74) is 0.427. The van der Waals surface area contributed by atoms with Crippen molar-refractivity contribution in [1.29, 1.82) is 0 Å². The Morgan fingerprint density at radius 2 is 2.08 bits per heavy atom. The van der Waals surface area contributed by atoms with Gasteiger partial charge in [0.25, 0.3) is 5.91 Å². The lowest BCUT2D eigenvalue weighted by Crippen LogP contribution is -2.33. The number of imidazole rings is 1. The van der Waals surface area contributed by atoms with Gasteiger partial charge in [-0.05, 0) is 36.6 Å². The highest BCUT2D eigenvalue weighted by atomic mass is 32.2. The number of carbonyl (C=O) groups excluding carboxylic acids is 1. The number of nitrogens with one attached hydrogen (secondary N) is 2. The summed E-state index contributed by atoms with van der Waals surface area (Å²) >= 11 is 0. The van der Waals surface area contributed by atoms with E-state index < -0.39 is 10.0 Å². The Labute approximate surface area is 141 Å². The molecule has 0 saturated heterocycles. The molecule has 0 bridgehead atoms. The molecule has 7 nitrogen and oxygen atoms in total. The van der Waals surface area contributed by atoms with Crippen molar-refractivity contribution < 1.29 is 13.2 Å². The van der Waals surface area contributed by atoms with Gasteiger partial charge in [-0.15, -0.1) is 0 Å². The predicted octanol–water partition coefficient (Wildman–Crippen LogP) is 0.784. The second-order valence-corrected chi connectivity index (χ2v) is 7.62. The Balaban J connectivity index is 1.63. The molecular weight excluding hydrogens is 328 g/mol. The SMILES string of the molecule is CNC(=O)c1ccc(S(=O)(=O)NC[C@H]2CCc3nccn3C2)cc1. The van der Waals surface area contributed by atoms with E-state index in [-0.39, 0.29) is 16.7 Å². The molecule has 3 rings (SSSR count). The smallest absolute Gasteiger partial charge is 0.251 e. The Hall–Kier alpha value is -2.19. The summed E-state index contributed by atoms with van der Waals surface area (Å²) in [6.07, 6.45) is 5.47. The predicted molar refractivity (Wildman–Crippen MR) is 89.1 cm³/mol. The number of carbonyl (C=O) groups is 1. The minimum absolute atomic E-state index is 0.161. The molecule has 0 saturated carbocycles. The van der Waals surface area contributed by atoms with Gasteiger partial charge in [0.2, 0.25) is 10.0 Å². The number of aromatic nitrogens is 2. The minimum Gasteiger partial charge on any atom is -0.355 e. The first-order valence-corrected chi connectivity index (χ1v) is 9.30. The van der Waals surface area contributed by atoms with Crippen LogP contribution in [0.4, 0.5) is 0 Å². The van der Waals surface area contributed by atoms with Crippen LogP contribution in [0.25, 0.3) is 0 Å². The lowest BCUT2D eigenvalue weighted by molar-refractivity contribution is 0.0963. The van der Waals surface area contributed by atoms with Crippen molar-refractivity contribution in [3.8, 4) is 0 Å². The summed E-state index contributed by atoms with van der Waals surface area (Å²) < 4.78 is 29.5. The van der Waals surface area contributed by atoms with Gasteiger partial charge in [0, 0.05) is 44.5 Å². The quantitative estimate of drug-likeness (QED) is 0.835. The van der Waals surface area contributed by atoms with Crippen LogP contribution in [0.15, 0.2) is 41.6 Å². The van der Waals surface area contributed by atoms with Gasteiger partial charge < -0.3 is 9.88 Å².